The zero-order valence-electron chi connectivity index (χ0n) is 10.3. The van der Waals surface area contributed by atoms with Crippen LogP contribution in [0.1, 0.15) is 22.6 Å². The zero-order chi connectivity index (χ0) is 14.7. The molecule has 5 heteroatoms. The molecule has 0 aliphatic rings. The topological polar surface area (TPSA) is 44.0 Å². The van der Waals surface area contributed by atoms with Gasteiger partial charge in [0.1, 0.15) is 23.5 Å². The standard InChI is InChI=1S/C15H10F3NO/c16-12-4-10(5-13(17)6-12)14(8-20)9-1-2-15(18)11(3-9)7-19/h1-6,14,20H,8H2. The minimum absolute atomic E-state index is 0.183. The van der Waals surface area contributed by atoms with Gasteiger partial charge in [-0.2, -0.15) is 5.26 Å². The first-order valence-electron chi connectivity index (χ1n) is 5.81. The molecule has 20 heavy (non-hydrogen) atoms. The number of hydrogen-bond acceptors (Lipinski definition) is 2. The van der Waals surface area contributed by atoms with Crippen LogP contribution in [0.3, 0.4) is 0 Å². The smallest absolute Gasteiger partial charge is 0.140 e. The molecule has 0 fully saturated rings. The van der Waals surface area contributed by atoms with Crippen molar-refractivity contribution in [2.24, 2.45) is 0 Å². The van der Waals surface area contributed by atoms with Gasteiger partial charge in [-0.05, 0) is 35.4 Å². The molecule has 1 N–H and O–H groups in total. The van der Waals surface area contributed by atoms with Gasteiger partial charge in [0.25, 0.3) is 0 Å². The lowest BCUT2D eigenvalue weighted by Crippen LogP contribution is -2.08. The molecule has 0 heterocycles. The summed E-state index contributed by atoms with van der Waals surface area (Å²) < 4.78 is 39.7. The van der Waals surface area contributed by atoms with E-state index in [4.69, 9.17) is 5.26 Å². The molecule has 2 aromatic rings. The third-order valence-electron chi connectivity index (χ3n) is 2.98. The highest BCUT2D eigenvalue weighted by Gasteiger charge is 2.17. The molecular formula is C15H10F3NO. The molecule has 2 nitrogen and oxygen atoms in total. The Hall–Kier alpha value is -2.32. The molecular weight excluding hydrogens is 267 g/mol. The summed E-state index contributed by atoms with van der Waals surface area (Å²) in [5.41, 5.74) is 0.453. The fraction of sp³-hybridized carbons (Fsp3) is 0.133. The summed E-state index contributed by atoms with van der Waals surface area (Å²) in [5.74, 6) is -2.94. The first kappa shape index (κ1) is 14.1. The van der Waals surface area contributed by atoms with Crippen LogP contribution in [0, 0.1) is 28.8 Å². The number of hydrogen-bond donors (Lipinski definition) is 1. The Kier molecular flexibility index (Phi) is 4.06. The van der Waals surface area contributed by atoms with Crippen molar-refractivity contribution in [3.63, 3.8) is 0 Å². The number of benzene rings is 2. The highest BCUT2D eigenvalue weighted by atomic mass is 19.1. The van der Waals surface area contributed by atoms with Crippen LogP contribution in [0.4, 0.5) is 13.2 Å². The first-order valence-corrected chi connectivity index (χ1v) is 5.81. The van der Waals surface area contributed by atoms with Gasteiger partial charge < -0.3 is 5.11 Å². The largest absolute Gasteiger partial charge is 0.395 e. The Morgan fingerprint density at radius 2 is 1.65 bits per heavy atom. The van der Waals surface area contributed by atoms with Gasteiger partial charge in [0.2, 0.25) is 0 Å². The lowest BCUT2D eigenvalue weighted by Gasteiger charge is -2.16. The van der Waals surface area contributed by atoms with Crippen LogP contribution in [0.15, 0.2) is 36.4 Å². The molecule has 0 spiro atoms. The van der Waals surface area contributed by atoms with Crippen molar-refractivity contribution in [2.45, 2.75) is 5.92 Å². The number of aliphatic hydroxyl groups is 1. The van der Waals surface area contributed by atoms with E-state index >= 15 is 0 Å². The molecule has 1 atom stereocenters. The molecule has 2 aromatic carbocycles. The summed E-state index contributed by atoms with van der Waals surface area (Å²) in [7, 11) is 0. The second-order valence-corrected chi connectivity index (χ2v) is 4.29. The number of aliphatic hydroxyl groups excluding tert-OH is 1. The van der Waals surface area contributed by atoms with Crippen LogP contribution in [-0.4, -0.2) is 11.7 Å². The minimum atomic E-state index is -0.763. The van der Waals surface area contributed by atoms with E-state index in [1.165, 1.54) is 12.1 Å². The Labute approximate surface area is 113 Å². The van der Waals surface area contributed by atoms with Crippen molar-refractivity contribution < 1.29 is 18.3 Å². The first-order chi connectivity index (χ1) is 9.55. The third kappa shape index (κ3) is 2.81. The Balaban J connectivity index is 2.49. The van der Waals surface area contributed by atoms with Crippen LogP contribution < -0.4 is 0 Å². The van der Waals surface area contributed by atoms with Crippen molar-refractivity contribution in [1.82, 2.24) is 0 Å². The second-order valence-electron chi connectivity index (χ2n) is 4.29. The van der Waals surface area contributed by atoms with Crippen LogP contribution >= 0.6 is 0 Å². The maximum absolute atomic E-state index is 13.3. The molecule has 1 unspecified atom stereocenters. The fourth-order valence-corrected chi connectivity index (χ4v) is 2.02. The Morgan fingerprint density at radius 1 is 1.00 bits per heavy atom. The second kappa shape index (κ2) is 5.76. The van der Waals surface area contributed by atoms with Crippen LogP contribution in [0.25, 0.3) is 0 Å². The number of nitrogens with zero attached hydrogens (tertiary/aromatic N) is 1. The van der Waals surface area contributed by atoms with Gasteiger partial charge in [0.15, 0.2) is 0 Å². The monoisotopic (exact) mass is 277 g/mol. The molecule has 0 aliphatic carbocycles. The van der Waals surface area contributed by atoms with Gasteiger partial charge in [0, 0.05) is 12.0 Å². The summed E-state index contributed by atoms with van der Waals surface area (Å²) in [6, 6.07) is 8.33. The van der Waals surface area contributed by atoms with Crippen molar-refractivity contribution in [3.8, 4) is 6.07 Å². The van der Waals surface area contributed by atoms with Crippen molar-refractivity contribution in [3.05, 3.63) is 70.5 Å². The third-order valence-corrected chi connectivity index (χ3v) is 2.98. The van der Waals surface area contributed by atoms with E-state index in [2.05, 4.69) is 0 Å². The molecule has 102 valence electrons. The maximum Gasteiger partial charge on any atom is 0.140 e. The SMILES string of the molecule is N#Cc1cc(C(CO)c2cc(F)cc(F)c2)ccc1F. The van der Waals surface area contributed by atoms with Crippen molar-refractivity contribution >= 4 is 0 Å². The van der Waals surface area contributed by atoms with Gasteiger partial charge in [-0.3, -0.25) is 0 Å². The van der Waals surface area contributed by atoms with E-state index in [1.54, 1.807) is 6.07 Å². The summed E-state index contributed by atoms with van der Waals surface area (Å²) in [4.78, 5) is 0. The van der Waals surface area contributed by atoms with Crippen molar-refractivity contribution in [1.29, 1.82) is 5.26 Å². The van der Waals surface area contributed by atoms with E-state index in [1.807, 2.05) is 0 Å². The average Bonchev–Trinajstić information content (AvgIpc) is 2.40. The molecule has 0 aliphatic heterocycles. The number of nitriles is 1. The highest BCUT2D eigenvalue weighted by molar-refractivity contribution is 5.40. The Morgan fingerprint density at radius 3 is 2.20 bits per heavy atom. The molecule has 0 saturated heterocycles. The lowest BCUT2D eigenvalue weighted by molar-refractivity contribution is 0.280. The molecule has 0 saturated carbocycles. The molecule has 0 amide bonds. The van der Waals surface area contributed by atoms with Gasteiger partial charge in [-0.15, -0.1) is 0 Å². The molecule has 0 bridgehead atoms. The molecule has 2 rings (SSSR count). The lowest BCUT2D eigenvalue weighted by atomic mass is 9.91. The average molecular weight is 277 g/mol. The summed E-state index contributed by atoms with van der Waals surface area (Å²) in [6.45, 7) is -0.417. The number of halogens is 3. The summed E-state index contributed by atoms with van der Waals surface area (Å²) in [6.07, 6.45) is 0. The molecule has 0 radical (unpaired) electrons. The van der Waals surface area contributed by atoms with Gasteiger partial charge in [-0.1, -0.05) is 6.07 Å². The van der Waals surface area contributed by atoms with E-state index in [9.17, 15) is 18.3 Å². The van der Waals surface area contributed by atoms with E-state index < -0.39 is 30.0 Å². The van der Waals surface area contributed by atoms with Crippen LogP contribution in [0.5, 0.6) is 0 Å². The Bertz CT molecular complexity index is 659. The zero-order valence-corrected chi connectivity index (χ0v) is 10.3. The summed E-state index contributed by atoms with van der Waals surface area (Å²) in [5, 5.41) is 18.2. The van der Waals surface area contributed by atoms with E-state index in [0.717, 1.165) is 24.3 Å². The summed E-state index contributed by atoms with van der Waals surface area (Å²) >= 11 is 0. The predicted octanol–water partition coefficient (Wildman–Crippen LogP) is 3.10. The molecule has 0 aromatic heterocycles. The van der Waals surface area contributed by atoms with Gasteiger partial charge in [-0.25, -0.2) is 13.2 Å². The van der Waals surface area contributed by atoms with Gasteiger partial charge in [0.05, 0.1) is 12.2 Å². The fourth-order valence-electron chi connectivity index (χ4n) is 2.02. The van der Waals surface area contributed by atoms with Crippen molar-refractivity contribution in [2.75, 3.05) is 6.61 Å². The van der Waals surface area contributed by atoms with Gasteiger partial charge >= 0.3 is 0 Å². The minimum Gasteiger partial charge on any atom is -0.395 e. The van der Waals surface area contributed by atoms with E-state index in [-0.39, 0.29) is 11.1 Å². The predicted molar refractivity (Wildman–Crippen MR) is 66.4 cm³/mol. The van der Waals surface area contributed by atoms with Crippen LogP contribution in [0.2, 0.25) is 0 Å². The quantitative estimate of drug-likeness (QED) is 0.936. The highest BCUT2D eigenvalue weighted by Crippen LogP contribution is 2.27. The normalized spacial score (nSPS) is 11.9. The maximum atomic E-state index is 13.3. The van der Waals surface area contributed by atoms with Crippen LogP contribution in [-0.2, 0) is 0 Å². The number of rotatable bonds is 3. The van der Waals surface area contributed by atoms with E-state index in [0.29, 0.717) is 5.56 Å².